The van der Waals surface area contributed by atoms with E-state index in [1.165, 1.54) is 11.0 Å². The molecule has 0 radical (unpaired) electrons. The quantitative estimate of drug-likeness (QED) is 0.786. The molecule has 0 spiro atoms. The molecule has 2 fully saturated rings. The molecule has 122 valence electrons. The van der Waals surface area contributed by atoms with Crippen LogP contribution in [-0.4, -0.2) is 65.2 Å². The number of carboxylic acid groups (broad SMARTS) is 1. The van der Waals surface area contributed by atoms with Gasteiger partial charge in [0.2, 0.25) is 5.91 Å². The van der Waals surface area contributed by atoms with Crippen LogP contribution < -0.4 is 0 Å². The second-order valence-electron chi connectivity index (χ2n) is 5.65. The van der Waals surface area contributed by atoms with Gasteiger partial charge in [0.25, 0.3) is 0 Å². The molecule has 0 saturated carbocycles. The number of aliphatic carboxylic acids is 1. The Hall–Kier alpha value is -2.05. The number of piperidine rings is 1. The molecule has 22 heavy (non-hydrogen) atoms. The molecule has 2 amide bonds. The number of ether oxygens (including phenoxy) is 1. The van der Waals surface area contributed by atoms with E-state index in [1.807, 2.05) is 0 Å². The highest BCUT2D eigenvalue weighted by molar-refractivity contribution is 5.86. The van der Waals surface area contributed by atoms with E-state index in [4.69, 9.17) is 9.84 Å². The van der Waals surface area contributed by atoms with Crippen LogP contribution in [0.15, 0.2) is 12.7 Å². The number of hydrogen-bond acceptors (Lipinski definition) is 4. The summed E-state index contributed by atoms with van der Waals surface area (Å²) in [5.74, 6) is -1.28. The minimum atomic E-state index is -0.803. The number of amides is 2. The van der Waals surface area contributed by atoms with Gasteiger partial charge in [0, 0.05) is 19.6 Å². The highest BCUT2D eigenvalue weighted by Gasteiger charge is 2.38. The average Bonchev–Trinajstić information content (AvgIpc) is 3.01. The SMILES string of the molecule is C=CCOC(=O)N1CCC[C@H]1C(=O)N1CCC(C(=O)O)CC1. The third kappa shape index (κ3) is 3.58. The first-order chi connectivity index (χ1) is 10.5. The monoisotopic (exact) mass is 310 g/mol. The number of carboxylic acids is 1. The first kappa shape index (κ1) is 16.3. The Morgan fingerprint density at radius 3 is 2.45 bits per heavy atom. The number of carbonyl (C=O) groups is 3. The largest absolute Gasteiger partial charge is 0.481 e. The lowest BCUT2D eigenvalue weighted by Gasteiger charge is -2.34. The van der Waals surface area contributed by atoms with Gasteiger partial charge in [-0.1, -0.05) is 12.7 Å². The zero-order chi connectivity index (χ0) is 16.1. The average molecular weight is 310 g/mol. The summed E-state index contributed by atoms with van der Waals surface area (Å²) >= 11 is 0. The van der Waals surface area contributed by atoms with Crippen LogP contribution in [0.2, 0.25) is 0 Å². The van der Waals surface area contributed by atoms with E-state index in [9.17, 15) is 14.4 Å². The van der Waals surface area contributed by atoms with Crippen molar-refractivity contribution in [1.29, 1.82) is 0 Å². The molecule has 7 nitrogen and oxygen atoms in total. The molecule has 1 N–H and O–H groups in total. The molecule has 2 aliphatic rings. The summed E-state index contributed by atoms with van der Waals surface area (Å²) in [6.45, 7) is 4.99. The molecular formula is C15H22N2O5. The van der Waals surface area contributed by atoms with Crippen molar-refractivity contribution in [2.75, 3.05) is 26.2 Å². The summed E-state index contributed by atoms with van der Waals surface area (Å²) in [4.78, 5) is 38.6. The number of likely N-dealkylation sites (tertiary alicyclic amines) is 2. The molecule has 0 unspecified atom stereocenters. The first-order valence-corrected chi connectivity index (χ1v) is 7.60. The third-order valence-electron chi connectivity index (χ3n) is 4.25. The van der Waals surface area contributed by atoms with E-state index in [-0.39, 0.29) is 18.4 Å². The molecule has 1 atom stereocenters. The van der Waals surface area contributed by atoms with Gasteiger partial charge in [-0.2, -0.15) is 0 Å². The van der Waals surface area contributed by atoms with Crippen molar-refractivity contribution in [3.63, 3.8) is 0 Å². The van der Waals surface area contributed by atoms with Crippen LogP contribution in [0.25, 0.3) is 0 Å². The first-order valence-electron chi connectivity index (χ1n) is 7.60. The summed E-state index contributed by atoms with van der Waals surface area (Å²) in [5, 5.41) is 8.99. The lowest BCUT2D eigenvalue weighted by Crippen LogP contribution is -2.50. The number of hydrogen-bond donors (Lipinski definition) is 1. The number of rotatable bonds is 4. The molecule has 0 aliphatic carbocycles. The third-order valence-corrected chi connectivity index (χ3v) is 4.25. The summed E-state index contributed by atoms with van der Waals surface area (Å²) in [6, 6.07) is -0.487. The van der Waals surface area contributed by atoms with Gasteiger partial charge in [0.1, 0.15) is 12.6 Å². The highest BCUT2D eigenvalue weighted by Crippen LogP contribution is 2.24. The fourth-order valence-electron chi connectivity index (χ4n) is 3.01. The Bertz CT molecular complexity index is 457. The summed E-state index contributed by atoms with van der Waals surface area (Å²) in [5.41, 5.74) is 0. The van der Waals surface area contributed by atoms with Crippen molar-refractivity contribution in [2.45, 2.75) is 31.7 Å². The van der Waals surface area contributed by atoms with Crippen LogP contribution in [0.5, 0.6) is 0 Å². The fraction of sp³-hybridized carbons (Fsp3) is 0.667. The molecule has 0 aromatic rings. The van der Waals surface area contributed by atoms with Gasteiger partial charge in [0.15, 0.2) is 0 Å². The van der Waals surface area contributed by atoms with Crippen molar-refractivity contribution >= 4 is 18.0 Å². The van der Waals surface area contributed by atoms with Gasteiger partial charge in [0.05, 0.1) is 5.92 Å². The predicted molar refractivity (Wildman–Crippen MR) is 78.2 cm³/mol. The molecule has 0 aromatic carbocycles. The maximum atomic E-state index is 12.6. The molecule has 7 heteroatoms. The second kappa shape index (κ2) is 7.29. The Kier molecular flexibility index (Phi) is 5.41. The maximum Gasteiger partial charge on any atom is 0.410 e. The predicted octanol–water partition coefficient (Wildman–Crippen LogP) is 1.10. The minimum absolute atomic E-state index is 0.100. The number of carbonyl (C=O) groups excluding carboxylic acids is 2. The molecule has 2 rings (SSSR count). The molecule has 2 aliphatic heterocycles. The zero-order valence-corrected chi connectivity index (χ0v) is 12.6. The summed E-state index contributed by atoms with van der Waals surface area (Å²) in [7, 11) is 0. The number of nitrogens with zero attached hydrogens (tertiary/aromatic N) is 2. The van der Waals surface area contributed by atoms with Crippen molar-refractivity contribution in [3.05, 3.63) is 12.7 Å². The van der Waals surface area contributed by atoms with E-state index in [2.05, 4.69) is 6.58 Å². The lowest BCUT2D eigenvalue weighted by molar-refractivity contribution is -0.146. The highest BCUT2D eigenvalue weighted by atomic mass is 16.6. The standard InChI is InChI=1S/C15H22N2O5/c1-2-10-22-15(21)17-7-3-4-12(17)13(18)16-8-5-11(6-9-16)14(19)20/h2,11-12H,1,3-10H2,(H,19,20)/t12-/m0/s1. The molecule has 0 aromatic heterocycles. The van der Waals surface area contributed by atoms with Crippen LogP contribution in [0, 0.1) is 5.92 Å². The Morgan fingerprint density at radius 1 is 1.18 bits per heavy atom. The fourth-order valence-corrected chi connectivity index (χ4v) is 3.01. The van der Waals surface area contributed by atoms with E-state index in [0.29, 0.717) is 38.9 Å². The van der Waals surface area contributed by atoms with Crippen molar-refractivity contribution in [3.8, 4) is 0 Å². The molecule has 2 saturated heterocycles. The smallest absolute Gasteiger partial charge is 0.410 e. The zero-order valence-electron chi connectivity index (χ0n) is 12.6. The Balaban J connectivity index is 1.92. The second-order valence-corrected chi connectivity index (χ2v) is 5.65. The van der Waals surface area contributed by atoms with Gasteiger partial charge in [-0.05, 0) is 25.7 Å². The van der Waals surface area contributed by atoms with Crippen LogP contribution in [0.4, 0.5) is 4.79 Å². The van der Waals surface area contributed by atoms with Gasteiger partial charge < -0.3 is 14.7 Å². The van der Waals surface area contributed by atoms with Gasteiger partial charge in [-0.25, -0.2) is 4.79 Å². The topological polar surface area (TPSA) is 87.2 Å². The van der Waals surface area contributed by atoms with E-state index in [0.717, 1.165) is 6.42 Å². The van der Waals surface area contributed by atoms with Crippen LogP contribution in [0.1, 0.15) is 25.7 Å². The van der Waals surface area contributed by atoms with E-state index < -0.39 is 18.1 Å². The van der Waals surface area contributed by atoms with Crippen LogP contribution in [-0.2, 0) is 14.3 Å². The van der Waals surface area contributed by atoms with Crippen LogP contribution in [0.3, 0.4) is 0 Å². The summed E-state index contributed by atoms with van der Waals surface area (Å²) < 4.78 is 5.01. The van der Waals surface area contributed by atoms with Gasteiger partial charge in [-0.15, -0.1) is 0 Å². The Labute approximate surface area is 129 Å². The minimum Gasteiger partial charge on any atom is -0.481 e. The lowest BCUT2D eigenvalue weighted by atomic mass is 9.96. The van der Waals surface area contributed by atoms with Gasteiger partial charge in [-0.3, -0.25) is 14.5 Å². The van der Waals surface area contributed by atoms with E-state index >= 15 is 0 Å². The van der Waals surface area contributed by atoms with Crippen molar-refractivity contribution in [1.82, 2.24) is 9.80 Å². The van der Waals surface area contributed by atoms with Gasteiger partial charge >= 0.3 is 12.1 Å². The Morgan fingerprint density at radius 2 is 1.86 bits per heavy atom. The van der Waals surface area contributed by atoms with Crippen LogP contribution >= 0.6 is 0 Å². The van der Waals surface area contributed by atoms with Crippen molar-refractivity contribution in [2.24, 2.45) is 5.92 Å². The normalized spacial score (nSPS) is 22.5. The van der Waals surface area contributed by atoms with Crippen molar-refractivity contribution < 1.29 is 24.2 Å². The summed E-state index contributed by atoms with van der Waals surface area (Å²) in [6.07, 6.45) is 3.33. The maximum absolute atomic E-state index is 12.6. The molecule has 0 bridgehead atoms. The molecular weight excluding hydrogens is 288 g/mol. The molecule has 2 heterocycles. The van der Waals surface area contributed by atoms with E-state index in [1.54, 1.807) is 4.90 Å².